The number of nitrogens with two attached hydrogens (primary N) is 2. The second-order valence-corrected chi connectivity index (χ2v) is 9.52. The zero-order chi connectivity index (χ0) is 24.2. The Morgan fingerprint density at radius 3 is 2.82 bits per heavy atom. The monoisotopic (exact) mass is 479 g/mol. The Morgan fingerprint density at radius 1 is 1.38 bits per heavy atom. The third-order valence-corrected chi connectivity index (χ3v) is 7.27. The van der Waals surface area contributed by atoms with Gasteiger partial charge in [-0.15, -0.1) is 11.3 Å². The summed E-state index contributed by atoms with van der Waals surface area (Å²) in [5, 5.41) is 23.7. The van der Waals surface area contributed by atoms with Crippen molar-refractivity contribution >= 4 is 39.0 Å². The van der Waals surface area contributed by atoms with Crippen LogP contribution in [0.15, 0.2) is 24.3 Å². The number of anilines is 2. The van der Waals surface area contributed by atoms with E-state index in [0.29, 0.717) is 28.5 Å². The summed E-state index contributed by atoms with van der Waals surface area (Å²) >= 11 is 1.26. The van der Waals surface area contributed by atoms with Gasteiger partial charge in [0.1, 0.15) is 33.4 Å². The summed E-state index contributed by atoms with van der Waals surface area (Å²) in [4.78, 5) is 24.2. The number of carbonyl (C=O) groups is 1. The highest BCUT2D eigenvalue weighted by Gasteiger charge is 2.24. The van der Waals surface area contributed by atoms with Gasteiger partial charge in [-0.2, -0.15) is 5.26 Å². The summed E-state index contributed by atoms with van der Waals surface area (Å²) in [6.07, 6.45) is 2.85. The molecule has 0 aromatic carbocycles. The molecule has 1 aliphatic rings. The van der Waals surface area contributed by atoms with Crippen LogP contribution in [0, 0.1) is 11.3 Å². The van der Waals surface area contributed by atoms with Crippen LogP contribution in [0.5, 0.6) is 0 Å². The lowest BCUT2D eigenvalue weighted by Gasteiger charge is -2.34. The zero-order valence-electron chi connectivity index (χ0n) is 19.1. The maximum atomic E-state index is 11.8. The molecule has 3 aromatic rings. The van der Waals surface area contributed by atoms with Gasteiger partial charge in [0.2, 0.25) is 0 Å². The molecule has 0 aliphatic carbocycles. The van der Waals surface area contributed by atoms with Crippen LogP contribution in [0.25, 0.3) is 10.2 Å². The van der Waals surface area contributed by atoms with Crippen molar-refractivity contribution in [2.75, 3.05) is 30.3 Å². The van der Waals surface area contributed by atoms with E-state index in [1.807, 2.05) is 6.07 Å². The number of hydrogen-bond acceptors (Lipinski definition) is 9. The van der Waals surface area contributed by atoms with Gasteiger partial charge in [-0.25, -0.2) is 9.97 Å². The fraction of sp³-hybridized carbons (Fsp3) is 0.417. The van der Waals surface area contributed by atoms with Crippen LogP contribution in [0.1, 0.15) is 58.9 Å². The lowest BCUT2D eigenvalue weighted by molar-refractivity contribution is 0.100. The van der Waals surface area contributed by atoms with E-state index in [2.05, 4.69) is 28.2 Å². The largest absolute Gasteiger partial charge is 0.397 e. The van der Waals surface area contributed by atoms with Crippen molar-refractivity contribution in [2.45, 2.75) is 44.8 Å². The number of nitrogen functional groups attached to an aromatic ring is 1. The standard InChI is InChI=1S/C24H29N7O2S/c1-2-4-14-11-19(30-24-20(14)21(26)22(34-24)23(27)33)31-9-7-15(8-10-31)28-13-18(32)17-6-3-5-16(12-25)29-17/h3,5-6,11,15,18,28,32H,2,4,7-10,13,26H2,1H3,(H2,27,33). The number of amides is 1. The number of aromatic nitrogens is 2. The van der Waals surface area contributed by atoms with E-state index < -0.39 is 12.0 Å². The Labute approximate surface area is 202 Å². The Bertz CT molecular complexity index is 1230. The minimum absolute atomic E-state index is 0.266. The summed E-state index contributed by atoms with van der Waals surface area (Å²) in [6, 6.07) is 9.43. The van der Waals surface area contributed by atoms with Crippen molar-refractivity contribution in [3.05, 3.63) is 46.1 Å². The number of piperidine rings is 1. The van der Waals surface area contributed by atoms with Gasteiger partial charge in [0.25, 0.3) is 5.91 Å². The quantitative estimate of drug-likeness (QED) is 0.384. The van der Waals surface area contributed by atoms with E-state index >= 15 is 0 Å². The first-order chi connectivity index (χ1) is 16.4. The summed E-state index contributed by atoms with van der Waals surface area (Å²) in [7, 11) is 0. The van der Waals surface area contributed by atoms with Gasteiger partial charge < -0.3 is 26.8 Å². The van der Waals surface area contributed by atoms with Crippen molar-refractivity contribution in [2.24, 2.45) is 5.73 Å². The first-order valence-corrected chi connectivity index (χ1v) is 12.3. The Hall–Kier alpha value is -3.26. The number of nitrogens with zero attached hydrogens (tertiary/aromatic N) is 4. The number of hydrogen-bond donors (Lipinski definition) is 4. The van der Waals surface area contributed by atoms with E-state index in [1.165, 1.54) is 11.3 Å². The highest BCUT2D eigenvalue weighted by molar-refractivity contribution is 7.21. The van der Waals surface area contributed by atoms with Crippen LogP contribution in [0.2, 0.25) is 0 Å². The molecular weight excluding hydrogens is 450 g/mol. The minimum Gasteiger partial charge on any atom is -0.397 e. The number of rotatable bonds is 8. The molecule has 1 aliphatic heterocycles. The number of aryl methyl sites for hydroxylation is 1. The summed E-state index contributed by atoms with van der Waals surface area (Å²) in [5.41, 5.74) is 14.1. The van der Waals surface area contributed by atoms with Gasteiger partial charge in [0, 0.05) is 31.1 Å². The molecule has 0 radical (unpaired) electrons. The minimum atomic E-state index is -0.768. The number of nitriles is 1. The van der Waals surface area contributed by atoms with Crippen molar-refractivity contribution in [3.8, 4) is 6.07 Å². The SMILES string of the molecule is CCCc1cc(N2CCC(NCC(O)c3cccc(C#N)n3)CC2)nc2sc(C(N)=O)c(N)c12. The first kappa shape index (κ1) is 23.9. The average molecular weight is 480 g/mol. The van der Waals surface area contributed by atoms with Crippen molar-refractivity contribution in [3.63, 3.8) is 0 Å². The molecule has 1 saturated heterocycles. The number of primary amides is 1. The predicted molar refractivity (Wildman–Crippen MR) is 134 cm³/mol. The molecule has 1 fully saturated rings. The molecule has 0 spiro atoms. The molecule has 0 saturated carbocycles. The zero-order valence-corrected chi connectivity index (χ0v) is 19.9. The number of fused-ring (bicyclic) bond motifs is 1. The molecule has 3 aromatic heterocycles. The second kappa shape index (κ2) is 10.3. The molecule has 1 unspecified atom stereocenters. The topological polar surface area (TPSA) is 154 Å². The molecule has 6 N–H and O–H groups in total. The lowest BCUT2D eigenvalue weighted by Crippen LogP contribution is -2.44. The maximum Gasteiger partial charge on any atom is 0.260 e. The Morgan fingerprint density at radius 2 is 2.15 bits per heavy atom. The highest BCUT2D eigenvalue weighted by Crippen LogP contribution is 2.37. The maximum absolute atomic E-state index is 11.8. The second-order valence-electron chi connectivity index (χ2n) is 8.52. The van der Waals surface area contributed by atoms with Crippen LogP contribution < -0.4 is 21.7 Å². The van der Waals surface area contributed by atoms with Gasteiger partial charge in [-0.1, -0.05) is 19.4 Å². The molecule has 34 heavy (non-hydrogen) atoms. The fourth-order valence-corrected chi connectivity index (χ4v) is 5.38. The Kier molecular flexibility index (Phi) is 7.26. The predicted octanol–water partition coefficient (Wildman–Crippen LogP) is 2.49. The number of carbonyl (C=O) groups excluding carboxylic acids is 1. The Balaban J connectivity index is 1.42. The van der Waals surface area contributed by atoms with E-state index in [0.717, 1.165) is 60.4 Å². The van der Waals surface area contributed by atoms with Gasteiger partial charge in [0.05, 0.1) is 11.4 Å². The van der Waals surface area contributed by atoms with E-state index in [-0.39, 0.29) is 6.04 Å². The number of aliphatic hydroxyl groups excluding tert-OH is 1. The van der Waals surface area contributed by atoms with Crippen LogP contribution in [-0.4, -0.2) is 46.7 Å². The van der Waals surface area contributed by atoms with Gasteiger partial charge >= 0.3 is 0 Å². The highest BCUT2D eigenvalue weighted by atomic mass is 32.1. The van der Waals surface area contributed by atoms with E-state index in [4.69, 9.17) is 21.7 Å². The molecule has 178 valence electrons. The van der Waals surface area contributed by atoms with Gasteiger partial charge in [-0.05, 0) is 43.0 Å². The van der Waals surface area contributed by atoms with E-state index in [1.54, 1.807) is 18.2 Å². The van der Waals surface area contributed by atoms with Crippen LogP contribution in [0.3, 0.4) is 0 Å². The first-order valence-electron chi connectivity index (χ1n) is 11.5. The summed E-state index contributed by atoms with van der Waals surface area (Å²) in [5.74, 6) is 0.373. The van der Waals surface area contributed by atoms with Crippen LogP contribution >= 0.6 is 11.3 Å². The summed E-state index contributed by atoms with van der Waals surface area (Å²) < 4.78 is 0. The fourth-order valence-electron chi connectivity index (χ4n) is 4.39. The molecule has 9 nitrogen and oxygen atoms in total. The van der Waals surface area contributed by atoms with Crippen molar-refractivity contribution < 1.29 is 9.90 Å². The molecule has 10 heteroatoms. The number of pyridine rings is 2. The van der Waals surface area contributed by atoms with Crippen LogP contribution in [0.4, 0.5) is 11.5 Å². The molecular formula is C24H29N7O2S. The summed E-state index contributed by atoms with van der Waals surface area (Å²) in [6.45, 7) is 4.13. The molecule has 1 amide bonds. The third-order valence-electron chi connectivity index (χ3n) is 6.16. The molecule has 4 rings (SSSR count). The smallest absolute Gasteiger partial charge is 0.260 e. The molecule has 1 atom stereocenters. The molecule has 4 heterocycles. The normalized spacial score (nSPS) is 15.4. The van der Waals surface area contributed by atoms with Crippen molar-refractivity contribution in [1.82, 2.24) is 15.3 Å². The average Bonchev–Trinajstić information content (AvgIpc) is 3.20. The number of thiophene rings is 1. The van der Waals surface area contributed by atoms with Gasteiger partial charge in [0.15, 0.2) is 0 Å². The lowest BCUT2D eigenvalue weighted by atomic mass is 10.0. The van der Waals surface area contributed by atoms with Gasteiger partial charge in [-0.3, -0.25) is 4.79 Å². The number of aliphatic hydroxyl groups is 1. The third kappa shape index (κ3) is 4.97. The van der Waals surface area contributed by atoms with Crippen LogP contribution in [-0.2, 0) is 6.42 Å². The van der Waals surface area contributed by atoms with Crippen molar-refractivity contribution in [1.29, 1.82) is 5.26 Å². The number of nitrogens with one attached hydrogen (secondary N) is 1. The molecule has 0 bridgehead atoms. The van der Waals surface area contributed by atoms with E-state index in [9.17, 15) is 9.90 Å².